The van der Waals surface area contributed by atoms with E-state index in [1.165, 1.54) is 24.3 Å². The molecule has 0 aliphatic heterocycles. The van der Waals surface area contributed by atoms with Gasteiger partial charge in [0.2, 0.25) is 5.91 Å². The van der Waals surface area contributed by atoms with Crippen LogP contribution in [0.2, 0.25) is 0 Å². The third kappa shape index (κ3) is 5.77. The summed E-state index contributed by atoms with van der Waals surface area (Å²) in [5.74, 6) is -0.646. The smallest absolute Gasteiger partial charge is 0.397 e. The summed E-state index contributed by atoms with van der Waals surface area (Å²) >= 11 is 0. The van der Waals surface area contributed by atoms with Gasteiger partial charge in [0, 0.05) is 13.0 Å². The van der Waals surface area contributed by atoms with Crippen molar-refractivity contribution in [3.05, 3.63) is 58.1 Å². The normalized spacial score (nSPS) is 19.3. The van der Waals surface area contributed by atoms with Crippen LogP contribution in [0, 0.1) is 23.7 Å². The minimum atomic E-state index is -3.89. The summed E-state index contributed by atoms with van der Waals surface area (Å²) in [5, 5.41) is 5.85. The SMILES string of the molecule is CNc1ccc(S(=O)(=O)[N+]#CC2CCC(C(=O)N[C@H](C)c3ccc(F)cc3)CC2)cc1N. The second-order valence-electron chi connectivity index (χ2n) is 8.02. The summed E-state index contributed by atoms with van der Waals surface area (Å²) in [7, 11) is -2.19. The summed E-state index contributed by atoms with van der Waals surface area (Å²) in [6, 6.07) is 13.0. The van der Waals surface area contributed by atoms with Gasteiger partial charge < -0.3 is 16.4 Å². The highest BCUT2D eigenvalue weighted by Gasteiger charge is 2.31. The number of sulfonamides is 1. The first-order chi connectivity index (χ1) is 15.2. The van der Waals surface area contributed by atoms with Gasteiger partial charge in [0.15, 0.2) is 4.90 Å². The third-order valence-electron chi connectivity index (χ3n) is 5.77. The molecule has 1 fully saturated rings. The fraction of sp³-hybridized carbons (Fsp3) is 0.391. The Morgan fingerprint density at radius 2 is 1.81 bits per heavy atom. The fourth-order valence-corrected chi connectivity index (χ4v) is 4.69. The van der Waals surface area contributed by atoms with Crippen molar-refractivity contribution in [2.24, 2.45) is 11.8 Å². The Hall–Kier alpha value is -3.12. The molecule has 0 radical (unpaired) electrons. The minimum absolute atomic E-state index is 0.0179. The van der Waals surface area contributed by atoms with E-state index < -0.39 is 10.0 Å². The Bertz CT molecular complexity index is 1130. The zero-order valence-electron chi connectivity index (χ0n) is 18.1. The van der Waals surface area contributed by atoms with Crippen LogP contribution in [-0.4, -0.2) is 21.4 Å². The molecular formula is C23H28FN4O3S+. The number of hydrogen-bond donors (Lipinski definition) is 3. The highest BCUT2D eigenvalue weighted by Crippen LogP contribution is 2.30. The maximum atomic E-state index is 13.1. The van der Waals surface area contributed by atoms with E-state index in [4.69, 9.17) is 5.73 Å². The molecule has 1 saturated carbocycles. The highest BCUT2D eigenvalue weighted by molar-refractivity contribution is 7.93. The van der Waals surface area contributed by atoms with Crippen molar-refractivity contribution in [1.29, 1.82) is 0 Å². The lowest BCUT2D eigenvalue weighted by molar-refractivity contribution is -0.126. The van der Waals surface area contributed by atoms with Crippen LogP contribution in [-0.2, 0) is 14.8 Å². The molecule has 0 heterocycles. The molecule has 2 aromatic carbocycles. The van der Waals surface area contributed by atoms with Crippen LogP contribution in [0.3, 0.4) is 0 Å². The number of nitrogens with one attached hydrogen (secondary N) is 2. The van der Waals surface area contributed by atoms with Crippen LogP contribution in [0.1, 0.15) is 44.2 Å². The van der Waals surface area contributed by atoms with Crippen LogP contribution < -0.4 is 16.4 Å². The minimum Gasteiger partial charge on any atom is -0.397 e. The van der Waals surface area contributed by atoms with E-state index in [2.05, 4.69) is 21.0 Å². The number of amides is 1. The lowest BCUT2D eigenvalue weighted by Crippen LogP contribution is -2.34. The summed E-state index contributed by atoms with van der Waals surface area (Å²) in [5.41, 5.74) is 7.65. The molecule has 0 unspecified atom stereocenters. The number of rotatable bonds is 5. The Morgan fingerprint density at radius 1 is 1.16 bits per heavy atom. The molecule has 1 aliphatic rings. The number of anilines is 2. The molecule has 0 saturated heterocycles. The van der Waals surface area contributed by atoms with E-state index in [1.807, 2.05) is 6.92 Å². The van der Waals surface area contributed by atoms with E-state index in [-0.39, 0.29) is 34.5 Å². The molecular weight excluding hydrogens is 431 g/mol. The van der Waals surface area contributed by atoms with Gasteiger partial charge in [0.1, 0.15) is 5.82 Å². The zero-order valence-corrected chi connectivity index (χ0v) is 19.0. The molecule has 1 aliphatic carbocycles. The molecule has 3 rings (SSSR count). The number of nitrogens with two attached hydrogens (primary N) is 1. The third-order valence-corrected chi connectivity index (χ3v) is 6.97. The maximum Gasteiger partial charge on any atom is 0.510 e. The van der Waals surface area contributed by atoms with E-state index in [1.54, 1.807) is 25.2 Å². The summed E-state index contributed by atoms with van der Waals surface area (Å²) in [4.78, 5) is 12.6. The van der Waals surface area contributed by atoms with Crippen molar-refractivity contribution < 1.29 is 17.6 Å². The van der Waals surface area contributed by atoms with Crippen LogP contribution in [0.5, 0.6) is 0 Å². The first-order valence-electron chi connectivity index (χ1n) is 10.5. The summed E-state index contributed by atoms with van der Waals surface area (Å²) < 4.78 is 41.8. The van der Waals surface area contributed by atoms with Gasteiger partial charge in [-0.15, -0.1) is 8.42 Å². The predicted molar refractivity (Wildman–Crippen MR) is 123 cm³/mol. The van der Waals surface area contributed by atoms with Crippen molar-refractivity contribution in [2.45, 2.75) is 43.5 Å². The molecule has 32 heavy (non-hydrogen) atoms. The number of nitrogens with zero attached hydrogens (tertiary/aromatic N) is 1. The fourth-order valence-electron chi connectivity index (χ4n) is 3.78. The number of carbonyl (C=O) groups excluding carboxylic acids is 1. The monoisotopic (exact) mass is 459 g/mol. The average molecular weight is 460 g/mol. The number of halogens is 1. The Balaban J connectivity index is 1.55. The number of hydrogen-bond acceptors (Lipinski definition) is 5. The largest absolute Gasteiger partial charge is 0.510 e. The molecule has 0 spiro atoms. The second kappa shape index (κ2) is 10.0. The topological polar surface area (TPSA) is 106 Å². The van der Waals surface area contributed by atoms with E-state index in [0.717, 1.165) is 5.56 Å². The standard InChI is InChI=1S/C23H27FN4O3S/c1-15(17-7-9-19(24)10-8-17)28-23(29)18-5-3-16(4-6-18)14-27-32(30,31)20-11-12-22(26-2)21(25)13-20/h7-13,15-16,18,26H,3-6,25H2,1-2H3/p+1/t15-,16?,18?/m1/s1. The second-order valence-corrected chi connectivity index (χ2v) is 9.63. The van der Waals surface area contributed by atoms with Crippen molar-refractivity contribution in [2.75, 3.05) is 18.1 Å². The van der Waals surface area contributed by atoms with E-state index >= 15 is 0 Å². The molecule has 9 heteroatoms. The summed E-state index contributed by atoms with van der Waals surface area (Å²) in [6.07, 6.45) is 2.50. The molecule has 0 aromatic heterocycles. The first-order valence-corrected chi connectivity index (χ1v) is 12.0. The van der Waals surface area contributed by atoms with E-state index in [9.17, 15) is 17.6 Å². The summed E-state index contributed by atoms with van der Waals surface area (Å²) in [6.45, 7) is 1.86. The Kier molecular flexibility index (Phi) is 7.36. The van der Waals surface area contributed by atoms with Gasteiger partial charge in [-0.25, -0.2) is 4.39 Å². The van der Waals surface area contributed by atoms with Crippen LogP contribution in [0.25, 0.3) is 4.25 Å². The van der Waals surface area contributed by atoms with Gasteiger partial charge in [-0.3, -0.25) is 4.79 Å². The quantitative estimate of drug-likeness (QED) is 0.583. The lowest BCUT2D eigenvalue weighted by atomic mass is 9.82. The average Bonchev–Trinajstić information content (AvgIpc) is 2.78. The molecule has 7 nitrogen and oxygen atoms in total. The molecule has 0 bridgehead atoms. The Morgan fingerprint density at radius 3 is 2.41 bits per heavy atom. The van der Waals surface area contributed by atoms with Gasteiger partial charge in [-0.05, 0) is 68.5 Å². The van der Waals surface area contributed by atoms with Crippen LogP contribution >= 0.6 is 0 Å². The number of nitrogen functional groups attached to an aromatic ring is 1. The molecule has 1 atom stereocenters. The van der Waals surface area contributed by atoms with Gasteiger partial charge in [-0.2, -0.15) is 0 Å². The van der Waals surface area contributed by atoms with Crippen LogP contribution in [0.15, 0.2) is 47.4 Å². The molecule has 4 N–H and O–H groups in total. The molecule has 2 aromatic rings. The predicted octanol–water partition coefficient (Wildman–Crippen LogP) is 4.16. The van der Waals surface area contributed by atoms with Crippen molar-refractivity contribution >= 4 is 27.3 Å². The Labute approximate surface area is 188 Å². The maximum absolute atomic E-state index is 13.1. The van der Waals surface area contributed by atoms with Gasteiger partial charge in [0.25, 0.3) is 0 Å². The van der Waals surface area contributed by atoms with Crippen molar-refractivity contribution in [3.63, 3.8) is 0 Å². The number of benzene rings is 2. The molecule has 170 valence electrons. The van der Waals surface area contributed by atoms with Crippen LogP contribution in [0.4, 0.5) is 15.8 Å². The highest BCUT2D eigenvalue weighted by atomic mass is 32.2. The van der Waals surface area contributed by atoms with Crippen molar-refractivity contribution in [1.82, 2.24) is 5.32 Å². The number of carbonyl (C=O) groups is 1. The first kappa shape index (κ1) is 23.5. The van der Waals surface area contributed by atoms with Gasteiger partial charge >= 0.3 is 16.1 Å². The van der Waals surface area contributed by atoms with Gasteiger partial charge in [-0.1, -0.05) is 12.1 Å². The zero-order chi connectivity index (χ0) is 23.3. The lowest BCUT2D eigenvalue weighted by Gasteiger charge is -2.24. The van der Waals surface area contributed by atoms with Gasteiger partial charge in [0.05, 0.1) is 27.6 Å². The van der Waals surface area contributed by atoms with E-state index in [0.29, 0.717) is 37.1 Å². The molecule has 1 amide bonds. The van der Waals surface area contributed by atoms with Crippen molar-refractivity contribution in [3.8, 4) is 6.07 Å².